The lowest BCUT2D eigenvalue weighted by atomic mass is 9.85. The quantitative estimate of drug-likeness (QED) is 0.0184. The van der Waals surface area contributed by atoms with Crippen molar-refractivity contribution in [3.8, 4) is 5.69 Å². The molecule has 2 unspecified atom stereocenters. The maximum Gasteiger partial charge on any atom is 0.270 e. The monoisotopic (exact) mass is 1080 g/mol. The number of alkyl halides is 2. The first-order valence-electron chi connectivity index (χ1n) is 27.0. The number of nitrogens with one attached hydrogen (secondary N) is 3. The molecule has 0 aliphatic carbocycles. The van der Waals surface area contributed by atoms with Crippen LogP contribution in [0.1, 0.15) is 153 Å². The molecule has 3 heterocycles. The number of rotatable bonds is 26. The van der Waals surface area contributed by atoms with Crippen LogP contribution in [-0.2, 0) is 33.9 Å². The average Bonchev–Trinajstić information content (AvgIpc) is 4.12. The van der Waals surface area contributed by atoms with E-state index in [0.717, 1.165) is 104 Å². The number of thioether (sulfide) groups is 1. The van der Waals surface area contributed by atoms with Gasteiger partial charge in [-0.15, -0.1) is 13.2 Å². The van der Waals surface area contributed by atoms with Crippen LogP contribution in [0.4, 0.5) is 8.78 Å². The number of halogens is 2. The molecule has 5 N–H and O–H groups in total. The fourth-order valence-electron chi connectivity index (χ4n) is 9.72. The molecule has 5 aromatic rings. The number of aromatic nitrogens is 3. The van der Waals surface area contributed by atoms with Gasteiger partial charge in [0.1, 0.15) is 12.1 Å². The van der Waals surface area contributed by atoms with E-state index in [0.29, 0.717) is 55.8 Å². The summed E-state index contributed by atoms with van der Waals surface area (Å²) in [6.07, 6.45) is 13.7. The second-order valence-electron chi connectivity index (χ2n) is 21.4. The summed E-state index contributed by atoms with van der Waals surface area (Å²) in [5.41, 5.74) is 6.62. The molecule has 2 aromatic heterocycles. The van der Waals surface area contributed by atoms with Crippen molar-refractivity contribution >= 4 is 62.2 Å². The third-order valence-corrected chi connectivity index (χ3v) is 14.8. The van der Waals surface area contributed by atoms with E-state index in [1.807, 2.05) is 74.5 Å². The Hall–Kier alpha value is -6.52. The molecule has 1 aliphatic rings. The lowest BCUT2D eigenvalue weighted by Crippen LogP contribution is -2.57. The average molecular weight is 1080 g/mol. The SMILES string of the molecule is C=C.C=CSC(=C(C)C)c1ccc(CNC(=O)C2CCCN2C(=O)C(NC(=O)CCCCC/C(C)=C/N(N)CCCCCCCNC(=O)c2ccc3c(c2)c2cn(C)nc2n3-c2ccc(C(C)(F)F)cc2)C(C)(C)C)cc1. The smallest absolute Gasteiger partial charge is 0.270 e. The van der Waals surface area contributed by atoms with E-state index in [1.165, 1.54) is 23.3 Å². The number of fused-ring (bicyclic) bond motifs is 3. The first-order chi connectivity index (χ1) is 36.7. The van der Waals surface area contributed by atoms with Gasteiger partial charge in [-0.3, -0.25) is 28.4 Å². The molecule has 0 saturated carbocycles. The molecule has 1 aliphatic heterocycles. The number of likely N-dealkylation sites (tertiary alicyclic amines) is 1. The van der Waals surface area contributed by atoms with Crippen molar-refractivity contribution in [2.24, 2.45) is 18.3 Å². The van der Waals surface area contributed by atoms with Crippen molar-refractivity contribution in [1.82, 2.24) is 40.2 Å². The number of carbonyl (C=O) groups excluding carboxylic acids is 4. The third-order valence-electron chi connectivity index (χ3n) is 13.8. The van der Waals surface area contributed by atoms with Gasteiger partial charge in [0, 0.05) is 91.5 Å². The van der Waals surface area contributed by atoms with Gasteiger partial charge in [0.05, 0.1) is 5.52 Å². The molecule has 2 atom stereocenters. The van der Waals surface area contributed by atoms with Gasteiger partial charge >= 0.3 is 0 Å². The van der Waals surface area contributed by atoms with E-state index in [9.17, 15) is 28.0 Å². The summed E-state index contributed by atoms with van der Waals surface area (Å²) >= 11 is 1.59. The number of benzene rings is 3. The van der Waals surface area contributed by atoms with Crippen molar-refractivity contribution in [3.05, 3.63) is 138 Å². The van der Waals surface area contributed by atoms with Crippen LogP contribution in [0, 0.1) is 5.41 Å². The second-order valence-corrected chi connectivity index (χ2v) is 22.4. The normalized spacial score (nSPS) is 14.2. The maximum atomic E-state index is 14.0. The van der Waals surface area contributed by atoms with Gasteiger partial charge in [-0.05, 0) is 118 Å². The zero-order valence-corrected chi connectivity index (χ0v) is 47.6. The van der Waals surface area contributed by atoms with Gasteiger partial charge in [0.15, 0.2) is 5.65 Å². The fourth-order valence-corrected chi connectivity index (χ4v) is 10.4. The Bertz CT molecular complexity index is 2850. The van der Waals surface area contributed by atoms with Crippen LogP contribution in [0.5, 0.6) is 0 Å². The van der Waals surface area contributed by atoms with Gasteiger partial charge < -0.3 is 25.9 Å². The number of hydrazine groups is 1. The number of allylic oxidation sites excluding steroid dienone is 2. The minimum Gasteiger partial charge on any atom is -0.352 e. The number of hydrogen-bond acceptors (Lipinski definition) is 8. The Kier molecular flexibility index (Phi) is 22.9. The molecule has 3 aromatic carbocycles. The maximum absolute atomic E-state index is 14.0. The van der Waals surface area contributed by atoms with Gasteiger partial charge in [-0.25, -0.2) is 14.6 Å². The summed E-state index contributed by atoms with van der Waals surface area (Å²) < 4.78 is 31.5. The van der Waals surface area contributed by atoms with Crippen molar-refractivity contribution in [3.63, 3.8) is 0 Å². The highest BCUT2D eigenvalue weighted by molar-refractivity contribution is 8.10. The molecule has 0 spiro atoms. The molecule has 6 rings (SSSR count). The lowest BCUT2D eigenvalue weighted by molar-refractivity contribution is -0.143. The van der Waals surface area contributed by atoms with Crippen LogP contribution in [0.3, 0.4) is 0 Å². The van der Waals surface area contributed by atoms with Crippen LogP contribution in [-0.4, -0.2) is 79.6 Å². The Morgan fingerprint density at radius 2 is 1.51 bits per heavy atom. The predicted octanol–water partition coefficient (Wildman–Crippen LogP) is 12.6. The highest BCUT2D eigenvalue weighted by Crippen LogP contribution is 2.35. The van der Waals surface area contributed by atoms with Crippen LogP contribution in [0.2, 0.25) is 0 Å². The molecule has 1 fully saturated rings. The number of amides is 4. The zero-order valence-electron chi connectivity index (χ0n) is 46.8. The first-order valence-corrected chi connectivity index (χ1v) is 27.9. The van der Waals surface area contributed by atoms with Crippen LogP contribution >= 0.6 is 11.8 Å². The van der Waals surface area contributed by atoms with Gasteiger partial charge in [0.25, 0.3) is 11.8 Å². The Morgan fingerprint density at radius 1 is 0.857 bits per heavy atom. The molecular formula is C61H83F2N9O4S. The summed E-state index contributed by atoms with van der Waals surface area (Å²) in [5, 5.41) is 19.1. The highest BCUT2D eigenvalue weighted by atomic mass is 32.2. The minimum atomic E-state index is -2.94. The molecule has 1 saturated heterocycles. The number of carbonyl (C=O) groups is 4. The van der Waals surface area contributed by atoms with Crippen molar-refractivity contribution < 1.29 is 28.0 Å². The van der Waals surface area contributed by atoms with Gasteiger partial charge in [0.2, 0.25) is 17.7 Å². The lowest BCUT2D eigenvalue weighted by Gasteiger charge is -2.35. The summed E-state index contributed by atoms with van der Waals surface area (Å²) in [4.78, 5) is 56.8. The Morgan fingerprint density at radius 3 is 2.17 bits per heavy atom. The topological polar surface area (TPSA) is 160 Å². The molecule has 16 heteroatoms. The first kappa shape index (κ1) is 61.3. The van der Waals surface area contributed by atoms with Crippen molar-refractivity contribution in [1.29, 1.82) is 0 Å². The van der Waals surface area contributed by atoms with E-state index in [-0.39, 0.29) is 29.2 Å². The standard InChI is InChI=1S/C59H79F2N9O4S.C2H4/c1-10-75-52(40(2)3)43-25-23-42(24-26-43)37-64-56(73)50-21-19-35-69(50)57(74)53(58(5,6)7)65-51(71)22-16-14-15-20-41(4)38-68(62)34-18-13-11-12-17-33-63-55(72)44-27-32-49-47(36-44)48-39-67(9)66-54(48)70(49)46-30-28-45(29-31-46)59(8,60)61;1-2/h10,23-32,36,38-39,50,53H,1,11-22,33-35,37,62H2,2-9H3,(H,63,72)(H,64,73)(H,65,71);1-2H2/b41-38+;. The molecule has 4 amide bonds. The van der Waals surface area contributed by atoms with E-state index in [1.54, 1.807) is 44.6 Å². The van der Waals surface area contributed by atoms with Gasteiger partial charge in [-0.2, -0.15) is 5.10 Å². The number of hydrogen-bond donors (Lipinski definition) is 4. The van der Waals surface area contributed by atoms with E-state index in [4.69, 9.17) is 5.84 Å². The molecule has 77 heavy (non-hydrogen) atoms. The number of unbranched alkanes of at least 4 members (excludes halogenated alkanes) is 6. The van der Waals surface area contributed by atoms with Crippen LogP contribution in [0.15, 0.2) is 115 Å². The molecule has 0 bridgehead atoms. The molecule has 13 nitrogen and oxygen atoms in total. The fraction of sp³-hybridized carbons (Fsp3) is 0.459. The predicted molar refractivity (Wildman–Crippen MR) is 312 cm³/mol. The molecule has 416 valence electrons. The Balaban J connectivity index is 0.00000540. The van der Waals surface area contributed by atoms with Crippen LogP contribution < -0.4 is 21.8 Å². The molecular weight excluding hydrogens is 993 g/mol. The number of nitrogens with zero attached hydrogens (tertiary/aromatic N) is 5. The summed E-state index contributed by atoms with van der Waals surface area (Å²) in [5.74, 6) is 2.68. The number of nitrogens with two attached hydrogens (primary N) is 1. The minimum absolute atomic E-state index is 0.0596. The van der Waals surface area contributed by atoms with E-state index in [2.05, 4.69) is 73.7 Å². The Labute approximate surface area is 459 Å². The second kappa shape index (κ2) is 28.7. The third kappa shape index (κ3) is 17.2. The number of aryl methyl sites for hydroxylation is 1. The van der Waals surface area contributed by atoms with E-state index < -0.39 is 23.4 Å². The van der Waals surface area contributed by atoms with Crippen molar-refractivity contribution in [2.75, 3.05) is 19.6 Å². The van der Waals surface area contributed by atoms with E-state index >= 15 is 0 Å². The van der Waals surface area contributed by atoms with Crippen LogP contribution in [0.25, 0.3) is 32.5 Å². The largest absolute Gasteiger partial charge is 0.352 e. The summed E-state index contributed by atoms with van der Waals surface area (Å²) in [7, 11) is 1.83. The van der Waals surface area contributed by atoms with Crippen molar-refractivity contribution in [2.45, 2.75) is 150 Å². The molecule has 0 radical (unpaired) electrons. The summed E-state index contributed by atoms with van der Waals surface area (Å²) in [6.45, 7) is 24.9. The summed E-state index contributed by atoms with van der Waals surface area (Å²) in [6, 6.07) is 18.5. The highest BCUT2D eigenvalue weighted by Gasteiger charge is 2.42. The zero-order chi connectivity index (χ0) is 56.5. The van der Waals surface area contributed by atoms with Gasteiger partial charge in [-0.1, -0.05) is 112 Å².